The fourth-order valence-electron chi connectivity index (χ4n) is 3.40. The standard InChI is InChI=1S/C24H20N4O2/c1-29-20-14-12-17(13-15-20)22-21(16-28(26-22)19-10-6-3-7-11-19)24-25-23(27-30-24)18-8-4-2-5-9-18/h2-16,24H,1H3,(H,25,27). The van der Waals surface area contributed by atoms with Gasteiger partial charge in [0.05, 0.1) is 18.4 Å². The van der Waals surface area contributed by atoms with Crippen LogP contribution in [0.4, 0.5) is 0 Å². The van der Waals surface area contributed by atoms with Crippen LogP contribution in [-0.2, 0) is 4.84 Å². The van der Waals surface area contributed by atoms with E-state index in [-0.39, 0.29) is 0 Å². The zero-order valence-electron chi connectivity index (χ0n) is 16.4. The van der Waals surface area contributed by atoms with Gasteiger partial charge in [-0.1, -0.05) is 48.5 Å². The van der Waals surface area contributed by atoms with Gasteiger partial charge in [-0.2, -0.15) is 5.10 Å². The molecule has 5 rings (SSSR count). The van der Waals surface area contributed by atoms with Crippen LogP contribution in [0.1, 0.15) is 17.4 Å². The van der Waals surface area contributed by atoms with Crippen LogP contribution >= 0.6 is 0 Å². The Bertz CT molecular complexity index is 1170. The van der Waals surface area contributed by atoms with Gasteiger partial charge < -0.3 is 4.74 Å². The fourth-order valence-corrected chi connectivity index (χ4v) is 3.40. The number of benzene rings is 3. The monoisotopic (exact) mass is 396 g/mol. The Morgan fingerprint density at radius 1 is 0.867 bits per heavy atom. The minimum atomic E-state index is -0.505. The quantitative estimate of drug-likeness (QED) is 0.539. The van der Waals surface area contributed by atoms with E-state index in [0.717, 1.165) is 33.8 Å². The number of amidine groups is 1. The van der Waals surface area contributed by atoms with Crippen LogP contribution in [0.25, 0.3) is 16.9 Å². The second-order valence-electron chi connectivity index (χ2n) is 6.86. The van der Waals surface area contributed by atoms with Gasteiger partial charge in [0.2, 0.25) is 6.23 Å². The third kappa shape index (κ3) is 3.44. The predicted octanol–water partition coefficient (Wildman–Crippen LogP) is 4.53. The summed E-state index contributed by atoms with van der Waals surface area (Å²) in [5.74, 6) is 1.50. The Hall–Kier alpha value is -3.90. The lowest BCUT2D eigenvalue weighted by Crippen LogP contribution is -2.17. The summed E-state index contributed by atoms with van der Waals surface area (Å²) in [6.07, 6.45) is 1.47. The van der Waals surface area contributed by atoms with E-state index in [0.29, 0.717) is 5.84 Å². The lowest BCUT2D eigenvalue weighted by Gasteiger charge is -2.07. The molecule has 0 saturated heterocycles. The molecule has 0 saturated carbocycles. The Kier molecular flexibility index (Phi) is 4.75. The van der Waals surface area contributed by atoms with Gasteiger partial charge in [-0.05, 0) is 36.4 Å². The number of nitrogens with zero attached hydrogens (tertiary/aromatic N) is 3. The fraction of sp³-hybridized carbons (Fsp3) is 0.0833. The lowest BCUT2D eigenvalue weighted by atomic mass is 10.1. The molecule has 6 heteroatoms. The first kappa shape index (κ1) is 18.1. The maximum absolute atomic E-state index is 5.83. The average Bonchev–Trinajstić information content (AvgIpc) is 3.48. The second kappa shape index (κ2) is 7.85. The highest BCUT2D eigenvalue weighted by Gasteiger charge is 2.26. The molecular weight excluding hydrogens is 376 g/mol. The van der Waals surface area contributed by atoms with Gasteiger partial charge in [0, 0.05) is 17.3 Å². The van der Waals surface area contributed by atoms with Crippen molar-refractivity contribution in [2.24, 2.45) is 4.99 Å². The zero-order chi connectivity index (χ0) is 20.3. The van der Waals surface area contributed by atoms with E-state index in [1.807, 2.05) is 95.8 Å². The number of aromatic nitrogens is 2. The van der Waals surface area contributed by atoms with Gasteiger partial charge >= 0.3 is 0 Å². The van der Waals surface area contributed by atoms with Crippen molar-refractivity contribution in [1.29, 1.82) is 0 Å². The van der Waals surface area contributed by atoms with E-state index >= 15 is 0 Å². The van der Waals surface area contributed by atoms with Crippen molar-refractivity contribution in [3.05, 3.63) is 102 Å². The van der Waals surface area contributed by atoms with E-state index in [1.165, 1.54) is 0 Å². The zero-order valence-corrected chi connectivity index (χ0v) is 16.4. The van der Waals surface area contributed by atoms with Crippen molar-refractivity contribution in [1.82, 2.24) is 15.3 Å². The number of methoxy groups -OCH3 is 1. The summed E-state index contributed by atoms with van der Waals surface area (Å²) in [5.41, 5.74) is 7.56. The van der Waals surface area contributed by atoms with Crippen LogP contribution in [0, 0.1) is 0 Å². The highest BCUT2D eigenvalue weighted by molar-refractivity contribution is 5.98. The molecule has 0 radical (unpaired) electrons. The largest absolute Gasteiger partial charge is 0.497 e. The Labute approximate surface area is 174 Å². The molecular formula is C24H20N4O2. The molecule has 0 bridgehead atoms. The van der Waals surface area contributed by atoms with Gasteiger partial charge in [0.25, 0.3) is 0 Å². The van der Waals surface area contributed by atoms with Crippen LogP contribution in [0.3, 0.4) is 0 Å². The molecule has 2 heterocycles. The Morgan fingerprint density at radius 2 is 1.57 bits per heavy atom. The second-order valence-corrected chi connectivity index (χ2v) is 6.86. The van der Waals surface area contributed by atoms with E-state index in [1.54, 1.807) is 7.11 Å². The summed E-state index contributed by atoms with van der Waals surface area (Å²) < 4.78 is 7.15. The van der Waals surface area contributed by atoms with Crippen molar-refractivity contribution in [2.75, 3.05) is 7.11 Å². The summed E-state index contributed by atoms with van der Waals surface area (Å²) in [6, 6.07) is 27.7. The summed E-state index contributed by atoms with van der Waals surface area (Å²) in [4.78, 5) is 10.6. The third-order valence-corrected chi connectivity index (χ3v) is 4.95. The highest BCUT2D eigenvalue weighted by Crippen LogP contribution is 2.33. The number of para-hydroxylation sites is 1. The Balaban J connectivity index is 1.58. The lowest BCUT2D eigenvalue weighted by molar-refractivity contribution is 0.0380. The van der Waals surface area contributed by atoms with Crippen LogP contribution in [0.2, 0.25) is 0 Å². The molecule has 148 valence electrons. The maximum atomic E-state index is 5.83. The van der Waals surface area contributed by atoms with Crippen LogP contribution in [-0.4, -0.2) is 22.7 Å². The van der Waals surface area contributed by atoms with Crippen molar-refractivity contribution in [3.63, 3.8) is 0 Å². The first-order valence-corrected chi connectivity index (χ1v) is 9.66. The van der Waals surface area contributed by atoms with Gasteiger partial charge in [-0.3, -0.25) is 0 Å². The molecule has 1 unspecified atom stereocenters. The van der Waals surface area contributed by atoms with Gasteiger partial charge in [-0.25, -0.2) is 20.0 Å². The molecule has 0 fully saturated rings. The van der Waals surface area contributed by atoms with Crippen molar-refractivity contribution in [3.8, 4) is 22.7 Å². The minimum Gasteiger partial charge on any atom is -0.497 e. The van der Waals surface area contributed by atoms with Crippen molar-refractivity contribution >= 4 is 5.84 Å². The van der Waals surface area contributed by atoms with Crippen molar-refractivity contribution < 1.29 is 9.57 Å². The van der Waals surface area contributed by atoms with Crippen LogP contribution in [0.5, 0.6) is 5.75 Å². The minimum absolute atomic E-state index is 0.505. The number of nitrogens with one attached hydrogen (secondary N) is 1. The van der Waals surface area contributed by atoms with Crippen LogP contribution < -0.4 is 10.2 Å². The predicted molar refractivity (Wildman–Crippen MR) is 115 cm³/mol. The molecule has 1 aromatic heterocycles. The number of hydroxylamine groups is 1. The summed E-state index contributed by atoms with van der Waals surface area (Å²) in [5, 5.41) is 4.85. The SMILES string of the molecule is COc1ccc(-c2nn(-c3ccccc3)cc2C2N=C(c3ccccc3)NO2)cc1. The number of hydrogen-bond acceptors (Lipinski definition) is 5. The number of ether oxygens (including phenoxy) is 1. The molecule has 4 aromatic rings. The normalized spacial score (nSPS) is 15.5. The van der Waals surface area contributed by atoms with Gasteiger partial charge in [0.1, 0.15) is 11.4 Å². The number of aliphatic imine (C=N–C) groups is 1. The van der Waals surface area contributed by atoms with Crippen molar-refractivity contribution in [2.45, 2.75) is 6.23 Å². The molecule has 30 heavy (non-hydrogen) atoms. The molecule has 0 amide bonds. The average molecular weight is 396 g/mol. The summed E-state index contributed by atoms with van der Waals surface area (Å²) in [7, 11) is 1.66. The molecule has 1 atom stereocenters. The molecule has 1 aliphatic rings. The van der Waals surface area contributed by atoms with Gasteiger partial charge in [0.15, 0.2) is 5.84 Å². The summed E-state index contributed by atoms with van der Waals surface area (Å²) >= 11 is 0. The van der Waals surface area contributed by atoms with E-state index < -0.39 is 6.23 Å². The Morgan fingerprint density at radius 3 is 2.27 bits per heavy atom. The number of rotatable bonds is 5. The smallest absolute Gasteiger partial charge is 0.206 e. The van der Waals surface area contributed by atoms with Crippen LogP contribution in [0.15, 0.2) is 96.1 Å². The maximum Gasteiger partial charge on any atom is 0.206 e. The third-order valence-electron chi connectivity index (χ3n) is 4.95. The molecule has 3 aromatic carbocycles. The molecule has 1 N–H and O–H groups in total. The van der Waals surface area contributed by atoms with E-state index in [4.69, 9.17) is 19.7 Å². The molecule has 0 spiro atoms. The number of hydrogen-bond donors (Lipinski definition) is 1. The first-order chi connectivity index (χ1) is 14.8. The topological polar surface area (TPSA) is 60.7 Å². The highest BCUT2D eigenvalue weighted by atomic mass is 16.7. The molecule has 6 nitrogen and oxygen atoms in total. The first-order valence-electron chi connectivity index (χ1n) is 9.66. The molecule has 1 aliphatic heterocycles. The van der Waals surface area contributed by atoms with E-state index in [9.17, 15) is 0 Å². The summed E-state index contributed by atoms with van der Waals surface area (Å²) in [6.45, 7) is 0. The van der Waals surface area contributed by atoms with E-state index in [2.05, 4.69) is 5.48 Å². The van der Waals surface area contributed by atoms with Gasteiger partial charge in [-0.15, -0.1) is 0 Å². The molecule has 0 aliphatic carbocycles.